The van der Waals surface area contributed by atoms with Gasteiger partial charge in [-0.3, -0.25) is 4.79 Å². The summed E-state index contributed by atoms with van der Waals surface area (Å²) < 4.78 is 5.40. The van der Waals surface area contributed by atoms with E-state index in [9.17, 15) is 4.79 Å². The molecule has 1 amide bonds. The standard InChI is InChI=1S/C25H28N2O2/c1-18-13-14-23(29-3)22(17-18)27-25(28)24(21-11-5-4-6-12-21)26-16-15-20-10-8-7-9-19(20)2/h4-14,17,24,26H,15-16H2,1-3H3,(H,27,28)/t24-/m1/s1. The van der Waals surface area contributed by atoms with Crippen LogP contribution in [0, 0.1) is 13.8 Å². The van der Waals surface area contributed by atoms with E-state index in [1.807, 2.05) is 67.6 Å². The number of nitrogens with one attached hydrogen (secondary N) is 2. The SMILES string of the molecule is COc1ccc(C)cc1NC(=O)[C@H](NCCc1ccccc1C)c1ccccc1. The van der Waals surface area contributed by atoms with Crippen molar-refractivity contribution in [2.75, 3.05) is 19.0 Å². The van der Waals surface area contributed by atoms with Crippen LogP contribution in [0.4, 0.5) is 5.69 Å². The van der Waals surface area contributed by atoms with E-state index in [1.54, 1.807) is 7.11 Å². The van der Waals surface area contributed by atoms with Crippen molar-refractivity contribution in [1.29, 1.82) is 0 Å². The topological polar surface area (TPSA) is 50.4 Å². The minimum absolute atomic E-state index is 0.107. The summed E-state index contributed by atoms with van der Waals surface area (Å²) in [6, 6.07) is 23.4. The fourth-order valence-electron chi connectivity index (χ4n) is 3.37. The van der Waals surface area contributed by atoms with Gasteiger partial charge in [-0.2, -0.15) is 0 Å². The van der Waals surface area contributed by atoms with Gasteiger partial charge in [-0.15, -0.1) is 0 Å². The first-order chi connectivity index (χ1) is 14.1. The Bertz CT molecular complexity index is 954. The Morgan fingerprint density at radius 2 is 1.69 bits per heavy atom. The van der Waals surface area contributed by atoms with Crippen molar-refractivity contribution in [2.45, 2.75) is 26.3 Å². The van der Waals surface area contributed by atoms with Gasteiger partial charge in [-0.1, -0.05) is 60.7 Å². The number of carbonyl (C=O) groups is 1. The third kappa shape index (κ3) is 5.46. The van der Waals surface area contributed by atoms with Gasteiger partial charge in [-0.25, -0.2) is 0 Å². The lowest BCUT2D eigenvalue weighted by Crippen LogP contribution is -2.34. The van der Waals surface area contributed by atoms with E-state index in [0.717, 1.165) is 17.5 Å². The summed E-state index contributed by atoms with van der Waals surface area (Å²) in [5, 5.41) is 6.47. The number of benzene rings is 3. The third-order valence-electron chi connectivity index (χ3n) is 5.01. The van der Waals surface area contributed by atoms with Crippen LogP contribution in [0.1, 0.15) is 28.3 Å². The molecule has 0 spiro atoms. The number of anilines is 1. The van der Waals surface area contributed by atoms with Crippen LogP contribution in [-0.4, -0.2) is 19.6 Å². The van der Waals surface area contributed by atoms with Crippen LogP contribution in [0.3, 0.4) is 0 Å². The van der Waals surface area contributed by atoms with E-state index in [1.165, 1.54) is 11.1 Å². The van der Waals surface area contributed by atoms with E-state index < -0.39 is 6.04 Å². The number of methoxy groups -OCH3 is 1. The predicted octanol–water partition coefficient (Wildman–Crippen LogP) is 4.82. The van der Waals surface area contributed by atoms with E-state index in [-0.39, 0.29) is 5.91 Å². The smallest absolute Gasteiger partial charge is 0.246 e. The van der Waals surface area contributed by atoms with Crippen LogP contribution < -0.4 is 15.4 Å². The number of rotatable bonds is 8. The molecule has 0 unspecified atom stereocenters. The average Bonchev–Trinajstić information content (AvgIpc) is 2.73. The van der Waals surface area contributed by atoms with Crippen LogP contribution in [0.5, 0.6) is 5.75 Å². The number of aryl methyl sites for hydroxylation is 2. The molecule has 0 saturated carbocycles. The van der Waals surface area contributed by atoms with Crippen molar-refractivity contribution < 1.29 is 9.53 Å². The van der Waals surface area contributed by atoms with Crippen molar-refractivity contribution in [3.63, 3.8) is 0 Å². The Morgan fingerprint density at radius 1 is 0.966 bits per heavy atom. The minimum atomic E-state index is -0.453. The molecule has 4 nitrogen and oxygen atoms in total. The summed E-state index contributed by atoms with van der Waals surface area (Å²) in [5.41, 5.74) is 5.22. The molecule has 0 aromatic heterocycles. The second kappa shape index (κ2) is 9.89. The molecular formula is C25H28N2O2. The van der Waals surface area contributed by atoms with E-state index in [2.05, 4.69) is 29.7 Å². The molecule has 2 N–H and O–H groups in total. The second-order valence-electron chi connectivity index (χ2n) is 7.17. The van der Waals surface area contributed by atoms with Crippen molar-refractivity contribution in [3.8, 4) is 5.75 Å². The highest BCUT2D eigenvalue weighted by atomic mass is 16.5. The van der Waals surface area contributed by atoms with Gasteiger partial charge in [0.25, 0.3) is 0 Å². The Morgan fingerprint density at radius 3 is 2.41 bits per heavy atom. The van der Waals surface area contributed by atoms with Crippen molar-refractivity contribution in [3.05, 3.63) is 95.1 Å². The van der Waals surface area contributed by atoms with E-state index in [0.29, 0.717) is 18.0 Å². The molecule has 3 aromatic rings. The molecule has 0 radical (unpaired) electrons. The zero-order valence-electron chi connectivity index (χ0n) is 17.2. The highest BCUT2D eigenvalue weighted by Crippen LogP contribution is 2.26. The van der Waals surface area contributed by atoms with Crippen LogP contribution in [-0.2, 0) is 11.2 Å². The number of hydrogen-bond donors (Lipinski definition) is 2. The number of hydrogen-bond acceptors (Lipinski definition) is 3. The quantitative estimate of drug-likeness (QED) is 0.581. The van der Waals surface area contributed by atoms with Crippen LogP contribution in [0.2, 0.25) is 0 Å². The molecule has 3 rings (SSSR count). The lowest BCUT2D eigenvalue weighted by Gasteiger charge is -2.20. The lowest BCUT2D eigenvalue weighted by atomic mass is 10.0. The number of ether oxygens (including phenoxy) is 1. The van der Waals surface area contributed by atoms with Gasteiger partial charge in [0.15, 0.2) is 0 Å². The molecule has 3 aromatic carbocycles. The Labute approximate surface area is 172 Å². The summed E-state index contributed by atoms with van der Waals surface area (Å²) in [7, 11) is 1.61. The van der Waals surface area contributed by atoms with Crippen LogP contribution in [0.15, 0.2) is 72.8 Å². The maximum atomic E-state index is 13.2. The average molecular weight is 389 g/mol. The number of amides is 1. The minimum Gasteiger partial charge on any atom is -0.495 e. The summed E-state index contributed by atoms with van der Waals surface area (Å²) in [6.07, 6.45) is 0.858. The van der Waals surface area contributed by atoms with Crippen molar-refractivity contribution in [1.82, 2.24) is 5.32 Å². The highest BCUT2D eigenvalue weighted by Gasteiger charge is 2.21. The molecule has 4 heteroatoms. The molecule has 0 fully saturated rings. The van der Waals surface area contributed by atoms with Gasteiger partial charge in [0.1, 0.15) is 11.8 Å². The van der Waals surface area contributed by atoms with Gasteiger partial charge in [0.05, 0.1) is 12.8 Å². The predicted molar refractivity (Wildman–Crippen MR) is 118 cm³/mol. The van der Waals surface area contributed by atoms with Gasteiger partial charge >= 0.3 is 0 Å². The molecule has 0 aliphatic rings. The van der Waals surface area contributed by atoms with Crippen LogP contribution in [0.25, 0.3) is 0 Å². The lowest BCUT2D eigenvalue weighted by molar-refractivity contribution is -0.118. The Balaban J connectivity index is 1.76. The molecule has 0 bridgehead atoms. The summed E-state index contributed by atoms with van der Waals surface area (Å²) in [6.45, 7) is 4.80. The molecule has 150 valence electrons. The number of carbonyl (C=O) groups excluding carboxylic acids is 1. The summed E-state index contributed by atoms with van der Waals surface area (Å²) in [4.78, 5) is 13.2. The third-order valence-corrected chi connectivity index (χ3v) is 5.01. The highest BCUT2D eigenvalue weighted by molar-refractivity contribution is 5.96. The fourth-order valence-corrected chi connectivity index (χ4v) is 3.37. The monoisotopic (exact) mass is 388 g/mol. The van der Waals surface area contributed by atoms with Crippen molar-refractivity contribution >= 4 is 11.6 Å². The first-order valence-corrected chi connectivity index (χ1v) is 9.87. The molecule has 0 aliphatic heterocycles. The first kappa shape index (κ1) is 20.6. The Hall–Kier alpha value is -3.11. The normalized spacial score (nSPS) is 11.7. The molecule has 1 atom stereocenters. The molecule has 0 heterocycles. The molecule has 0 aliphatic carbocycles. The Kier molecular flexibility index (Phi) is 7.04. The first-order valence-electron chi connectivity index (χ1n) is 9.87. The summed E-state index contributed by atoms with van der Waals surface area (Å²) >= 11 is 0. The van der Waals surface area contributed by atoms with E-state index >= 15 is 0 Å². The molecular weight excluding hydrogens is 360 g/mol. The van der Waals surface area contributed by atoms with Gasteiger partial charge in [-0.05, 0) is 54.7 Å². The second-order valence-corrected chi connectivity index (χ2v) is 7.17. The van der Waals surface area contributed by atoms with Crippen molar-refractivity contribution in [2.24, 2.45) is 0 Å². The molecule has 29 heavy (non-hydrogen) atoms. The zero-order chi connectivity index (χ0) is 20.6. The molecule has 0 saturated heterocycles. The fraction of sp³-hybridized carbons (Fsp3) is 0.240. The van der Waals surface area contributed by atoms with E-state index in [4.69, 9.17) is 4.74 Å². The van der Waals surface area contributed by atoms with Gasteiger partial charge in [0.2, 0.25) is 5.91 Å². The summed E-state index contributed by atoms with van der Waals surface area (Å²) in [5.74, 6) is 0.542. The maximum absolute atomic E-state index is 13.2. The zero-order valence-corrected chi connectivity index (χ0v) is 17.2. The maximum Gasteiger partial charge on any atom is 0.246 e. The van der Waals surface area contributed by atoms with Gasteiger partial charge < -0.3 is 15.4 Å². The largest absolute Gasteiger partial charge is 0.495 e. The van der Waals surface area contributed by atoms with Gasteiger partial charge in [0, 0.05) is 6.54 Å². The van der Waals surface area contributed by atoms with Crippen LogP contribution >= 0.6 is 0 Å².